The predicted molar refractivity (Wildman–Crippen MR) is 127 cm³/mol. The summed E-state index contributed by atoms with van der Waals surface area (Å²) in [5.74, 6) is -0.828. The Hall–Kier alpha value is -1.70. The fourth-order valence-electron chi connectivity index (χ4n) is 3.59. The molecule has 1 aliphatic rings. The molecule has 0 aliphatic carbocycles. The molecule has 1 fully saturated rings. The number of hydrogen-bond donors (Lipinski definition) is 2. The molecule has 0 aromatic rings. The minimum absolute atomic E-state index is 0.0747. The van der Waals surface area contributed by atoms with E-state index in [-0.39, 0.29) is 23.3 Å². The highest BCUT2D eigenvalue weighted by Gasteiger charge is 2.34. The van der Waals surface area contributed by atoms with E-state index < -0.39 is 12.0 Å². The van der Waals surface area contributed by atoms with E-state index in [1.54, 1.807) is 4.90 Å². The Morgan fingerprint density at radius 1 is 1.03 bits per heavy atom. The molecule has 0 bridgehead atoms. The van der Waals surface area contributed by atoms with E-state index in [1.165, 1.54) is 32.1 Å². The number of nitrogens with zero attached hydrogens (tertiary/aromatic N) is 1. The van der Waals surface area contributed by atoms with Crippen LogP contribution in [0.15, 0.2) is 0 Å². The van der Waals surface area contributed by atoms with Gasteiger partial charge < -0.3 is 20.3 Å². The van der Waals surface area contributed by atoms with Crippen molar-refractivity contribution >= 4 is 35.1 Å². The van der Waals surface area contributed by atoms with Gasteiger partial charge in [-0.1, -0.05) is 71.6 Å². The van der Waals surface area contributed by atoms with E-state index >= 15 is 0 Å². The summed E-state index contributed by atoms with van der Waals surface area (Å²) in [6.07, 6.45) is 12.6. The average Bonchev–Trinajstić information content (AvgIpc) is 2.74. The van der Waals surface area contributed by atoms with Crippen LogP contribution < -0.4 is 10.6 Å². The Bertz CT molecular complexity index is 571. The van der Waals surface area contributed by atoms with E-state index in [9.17, 15) is 14.4 Å². The zero-order valence-electron chi connectivity index (χ0n) is 19.4. The van der Waals surface area contributed by atoms with Crippen molar-refractivity contribution in [2.75, 3.05) is 19.7 Å². The molecule has 1 atom stereocenters. The van der Waals surface area contributed by atoms with Gasteiger partial charge in [-0.25, -0.2) is 0 Å². The number of amides is 2. The molecule has 1 rings (SSSR count). The molecule has 2 amide bonds. The first-order chi connectivity index (χ1) is 15.0. The van der Waals surface area contributed by atoms with Crippen molar-refractivity contribution in [2.45, 2.75) is 103 Å². The third-order valence-corrected chi connectivity index (χ3v) is 5.80. The maximum Gasteiger partial charge on any atom is 0.308 e. The van der Waals surface area contributed by atoms with Crippen molar-refractivity contribution in [2.24, 2.45) is 0 Å². The van der Waals surface area contributed by atoms with E-state index in [4.69, 9.17) is 17.0 Å². The molecule has 31 heavy (non-hydrogen) atoms. The third kappa shape index (κ3) is 12.1. The van der Waals surface area contributed by atoms with Crippen LogP contribution >= 0.6 is 12.2 Å². The number of piperazine rings is 1. The molecular formula is C23H41N3O4S. The second-order valence-electron chi connectivity index (χ2n) is 8.21. The van der Waals surface area contributed by atoms with E-state index in [0.717, 1.165) is 38.5 Å². The summed E-state index contributed by atoms with van der Waals surface area (Å²) in [5.41, 5.74) is 0. The van der Waals surface area contributed by atoms with Gasteiger partial charge in [-0.05, 0) is 25.1 Å². The number of esters is 1. The number of rotatable bonds is 15. The number of ether oxygens (including phenoxy) is 1. The summed E-state index contributed by atoms with van der Waals surface area (Å²) in [5, 5.41) is 5.67. The second kappa shape index (κ2) is 16.9. The van der Waals surface area contributed by atoms with Crippen molar-refractivity contribution in [1.29, 1.82) is 0 Å². The van der Waals surface area contributed by atoms with Gasteiger partial charge in [0, 0.05) is 19.5 Å². The van der Waals surface area contributed by atoms with Crippen LogP contribution in [0, 0.1) is 0 Å². The van der Waals surface area contributed by atoms with Gasteiger partial charge in [-0.15, -0.1) is 0 Å². The number of carbonyl (C=O) groups is 3. The van der Waals surface area contributed by atoms with Gasteiger partial charge in [0.05, 0.1) is 13.0 Å². The number of unbranched alkanes of at least 4 members (excludes halogenated alkanes) is 9. The molecule has 1 heterocycles. The van der Waals surface area contributed by atoms with Crippen molar-refractivity contribution in [3.05, 3.63) is 0 Å². The minimum Gasteiger partial charge on any atom is -0.466 e. The fraction of sp³-hybridized carbons (Fsp3) is 0.826. The quantitative estimate of drug-likeness (QED) is 0.222. The van der Waals surface area contributed by atoms with Gasteiger partial charge in [0.15, 0.2) is 5.11 Å². The highest BCUT2D eigenvalue weighted by Crippen LogP contribution is 2.12. The van der Waals surface area contributed by atoms with Crippen LogP contribution in [0.1, 0.15) is 97.3 Å². The Morgan fingerprint density at radius 2 is 1.65 bits per heavy atom. The molecule has 0 radical (unpaired) electrons. The van der Waals surface area contributed by atoms with Crippen LogP contribution in [0.4, 0.5) is 0 Å². The average molecular weight is 456 g/mol. The lowest BCUT2D eigenvalue weighted by atomic mass is 10.1. The number of hydrogen-bond acceptors (Lipinski definition) is 5. The van der Waals surface area contributed by atoms with Crippen molar-refractivity contribution in [3.8, 4) is 0 Å². The summed E-state index contributed by atoms with van der Waals surface area (Å²) in [4.78, 5) is 38.3. The summed E-state index contributed by atoms with van der Waals surface area (Å²) in [6, 6.07) is -0.747. The molecule has 8 heteroatoms. The van der Waals surface area contributed by atoms with Gasteiger partial charge in [0.2, 0.25) is 11.8 Å². The fourth-order valence-corrected chi connectivity index (χ4v) is 3.92. The van der Waals surface area contributed by atoms with Crippen molar-refractivity contribution in [1.82, 2.24) is 15.5 Å². The van der Waals surface area contributed by atoms with Crippen LogP contribution in [0.5, 0.6) is 0 Å². The molecule has 1 aliphatic heterocycles. The normalized spacial score (nSPS) is 16.0. The van der Waals surface area contributed by atoms with Crippen LogP contribution in [0.3, 0.4) is 0 Å². The van der Waals surface area contributed by atoms with E-state index in [2.05, 4.69) is 24.5 Å². The SMILES string of the molecule is CCCCCCCCCCOC(=O)CC1C(=O)NCCN1C(=S)NC(=O)CCCCC. The summed E-state index contributed by atoms with van der Waals surface area (Å²) in [7, 11) is 0. The maximum absolute atomic E-state index is 12.3. The van der Waals surface area contributed by atoms with Gasteiger partial charge >= 0.3 is 5.97 Å². The number of nitrogens with one attached hydrogen (secondary N) is 2. The Kier molecular flexibility index (Phi) is 14.9. The lowest BCUT2D eigenvalue weighted by Gasteiger charge is -2.36. The Labute approximate surface area is 193 Å². The zero-order chi connectivity index (χ0) is 22.9. The Balaban J connectivity index is 2.34. The summed E-state index contributed by atoms with van der Waals surface area (Å²) in [6.45, 7) is 5.54. The van der Waals surface area contributed by atoms with Crippen molar-refractivity contribution in [3.63, 3.8) is 0 Å². The monoisotopic (exact) mass is 455 g/mol. The molecule has 0 aromatic carbocycles. The van der Waals surface area contributed by atoms with Gasteiger partial charge in [0.25, 0.3) is 0 Å². The lowest BCUT2D eigenvalue weighted by Crippen LogP contribution is -2.60. The summed E-state index contributed by atoms with van der Waals surface area (Å²) >= 11 is 5.35. The van der Waals surface area contributed by atoms with E-state index in [0.29, 0.717) is 26.1 Å². The molecule has 178 valence electrons. The van der Waals surface area contributed by atoms with Crippen LogP contribution in [0.25, 0.3) is 0 Å². The number of thiocarbonyl (C=S) groups is 1. The first kappa shape index (κ1) is 27.3. The number of carbonyl (C=O) groups excluding carboxylic acids is 3. The van der Waals surface area contributed by atoms with Gasteiger partial charge in [-0.2, -0.15) is 0 Å². The molecule has 1 unspecified atom stereocenters. The first-order valence-corrected chi connectivity index (χ1v) is 12.4. The first-order valence-electron chi connectivity index (χ1n) is 12.0. The third-order valence-electron chi connectivity index (χ3n) is 5.47. The van der Waals surface area contributed by atoms with Crippen LogP contribution in [0.2, 0.25) is 0 Å². The maximum atomic E-state index is 12.3. The molecule has 7 nitrogen and oxygen atoms in total. The highest BCUT2D eigenvalue weighted by molar-refractivity contribution is 7.80. The predicted octanol–water partition coefficient (Wildman–Crippen LogP) is 3.84. The topological polar surface area (TPSA) is 87.7 Å². The second-order valence-corrected chi connectivity index (χ2v) is 8.60. The minimum atomic E-state index is -0.747. The smallest absolute Gasteiger partial charge is 0.308 e. The lowest BCUT2D eigenvalue weighted by molar-refractivity contribution is -0.147. The Morgan fingerprint density at radius 3 is 2.32 bits per heavy atom. The largest absolute Gasteiger partial charge is 0.466 e. The summed E-state index contributed by atoms with van der Waals surface area (Å²) < 4.78 is 5.34. The molecule has 0 aromatic heterocycles. The molecule has 0 saturated carbocycles. The van der Waals surface area contributed by atoms with Crippen LogP contribution in [-0.2, 0) is 19.1 Å². The molecule has 2 N–H and O–H groups in total. The molecule has 0 spiro atoms. The van der Waals surface area contributed by atoms with Crippen molar-refractivity contribution < 1.29 is 19.1 Å². The standard InChI is InChI=1S/C23H41N3O4S/c1-3-5-7-8-9-10-11-13-17-30-21(28)18-19-22(29)24-15-16-26(19)23(31)25-20(27)14-12-6-4-2/h19H,3-18H2,1-2H3,(H,24,29)(H,25,27,31). The molecular weight excluding hydrogens is 414 g/mol. The van der Waals surface area contributed by atoms with Gasteiger partial charge in [0.1, 0.15) is 6.04 Å². The molecule has 1 saturated heterocycles. The van der Waals surface area contributed by atoms with E-state index in [1.807, 2.05) is 0 Å². The van der Waals surface area contributed by atoms with Gasteiger partial charge in [-0.3, -0.25) is 14.4 Å². The van der Waals surface area contributed by atoms with Crippen LogP contribution in [-0.4, -0.2) is 53.5 Å². The zero-order valence-corrected chi connectivity index (χ0v) is 20.2. The highest BCUT2D eigenvalue weighted by atomic mass is 32.1.